The molecule has 0 spiro atoms. The molecule has 1 aliphatic rings. The molecule has 0 radical (unpaired) electrons. The van der Waals surface area contributed by atoms with Crippen molar-refractivity contribution in [2.45, 2.75) is 6.92 Å². The largest absolute Gasteiger partial charge is 0.495 e. The van der Waals surface area contributed by atoms with Crippen LogP contribution in [0.3, 0.4) is 0 Å². The molecule has 0 aromatic heterocycles. The van der Waals surface area contributed by atoms with E-state index in [-0.39, 0.29) is 5.91 Å². The molecule has 1 saturated heterocycles. The van der Waals surface area contributed by atoms with Crippen LogP contribution in [-0.4, -0.2) is 58.2 Å². The second kappa shape index (κ2) is 9.96. The Hall–Kier alpha value is -3.51. The van der Waals surface area contributed by atoms with Gasteiger partial charge in [0.05, 0.1) is 12.8 Å². The zero-order valence-electron chi connectivity index (χ0n) is 19.8. The summed E-state index contributed by atoms with van der Waals surface area (Å²) in [5.74, 6) is 0.694. The monoisotopic (exact) mass is 444 g/mol. The Labute approximate surface area is 196 Å². The summed E-state index contributed by atoms with van der Waals surface area (Å²) in [6.07, 6.45) is 0. The molecular formula is C27H32N4O2. The average Bonchev–Trinajstić information content (AvgIpc) is 2.84. The van der Waals surface area contributed by atoms with Crippen molar-refractivity contribution in [1.82, 2.24) is 4.90 Å². The number of hydrogen-bond donors (Lipinski definition) is 2. The van der Waals surface area contributed by atoms with E-state index in [4.69, 9.17) is 4.74 Å². The lowest BCUT2D eigenvalue weighted by molar-refractivity contribution is 0.102. The SMILES string of the molecule is CNc1ccc(-c2ccc(C(=O)Nc3ccc(OC)c(N4CCN(C)CC4)c3)cc2)c(C)c1. The van der Waals surface area contributed by atoms with E-state index in [1.54, 1.807) is 7.11 Å². The fourth-order valence-electron chi connectivity index (χ4n) is 4.21. The maximum atomic E-state index is 12.9. The first-order valence-corrected chi connectivity index (χ1v) is 11.3. The summed E-state index contributed by atoms with van der Waals surface area (Å²) in [5.41, 5.74) is 6.93. The molecule has 1 aliphatic heterocycles. The number of carbonyl (C=O) groups is 1. The molecule has 6 nitrogen and oxygen atoms in total. The number of ether oxygens (including phenoxy) is 1. The van der Waals surface area contributed by atoms with Crippen LogP contribution in [0.1, 0.15) is 15.9 Å². The van der Waals surface area contributed by atoms with Gasteiger partial charge in [0.1, 0.15) is 5.75 Å². The molecule has 0 saturated carbocycles. The quantitative estimate of drug-likeness (QED) is 0.576. The number of carbonyl (C=O) groups excluding carboxylic acids is 1. The predicted molar refractivity (Wildman–Crippen MR) is 137 cm³/mol. The van der Waals surface area contributed by atoms with E-state index in [0.717, 1.165) is 60.1 Å². The highest BCUT2D eigenvalue weighted by atomic mass is 16.5. The number of likely N-dealkylation sites (N-methyl/N-ethyl adjacent to an activating group) is 1. The molecule has 3 aromatic rings. The Morgan fingerprint density at radius 2 is 1.61 bits per heavy atom. The Balaban J connectivity index is 1.49. The van der Waals surface area contributed by atoms with Gasteiger partial charge in [-0.15, -0.1) is 0 Å². The van der Waals surface area contributed by atoms with E-state index in [2.05, 4.69) is 52.6 Å². The van der Waals surface area contributed by atoms with Crippen LogP contribution in [-0.2, 0) is 0 Å². The zero-order valence-corrected chi connectivity index (χ0v) is 19.8. The molecule has 0 aliphatic carbocycles. The van der Waals surface area contributed by atoms with Crippen molar-refractivity contribution in [3.05, 3.63) is 71.8 Å². The minimum Gasteiger partial charge on any atom is -0.495 e. The van der Waals surface area contributed by atoms with Crippen molar-refractivity contribution in [3.63, 3.8) is 0 Å². The Morgan fingerprint density at radius 3 is 2.24 bits per heavy atom. The van der Waals surface area contributed by atoms with Crippen molar-refractivity contribution in [2.24, 2.45) is 0 Å². The Bertz CT molecular complexity index is 1120. The summed E-state index contributed by atoms with van der Waals surface area (Å²) in [5, 5.41) is 6.21. The number of amides is 1. The van der Waals surface area contributed by atoms with Crippen LogP contribution in [0.2, 0.25) is 0 Å². The predicted octanol–water partition coefficient (Wildman–Crippen LogP) is 4.72. The van der Waals surface area contributed by atoms with Crippen molar-refractivity contribution in [3.8, 4) is 16.9 Å². The Morgan fingerprint density at radius 1 is 0.909 bits per heavy atom. The normalized spacial score (nSPS) is 14.1. The number of benzene rings is 3. The maximum absolute atomic E-state index is 12.9. The van der Waals surface area contributed by atoms with Crippen molar-refractivity contribution in [1.29, 1.82) is 0 Å². The zero-order chi connectivity index (χ0) is 23.4. The summed E-state index contributed by atoms with van der Waals surface area (Å²) < 4.78 is 5.58. The number of nitrogens with zero attached hydrogens (tertiary/aromatic N) is 2. The van der Waals surface area contributed by atoms with Crippen molar-refractivity contribution >= 4 is 23.0 Å². The van der Waals surface area contributed by atoms with Crippen LogP contribution in [0.4, 0.5) is 17.1 Å². The molecular weight excluding hydrogens is 412 g/mol. The second-order valence-electron chi connectivity index (χ2n) is 8.49. The first-order chi connectivity index (χ1) is 16.0. The third-order valence-corrected chi connectivity index (χ3v) is 6.25. The van der Waals surface area contributed by atoms with Gasteiger partial charge in [0.25, 0.3) is 5.91 Å². The van der Waals surface area contributed by atoms with E-state index in [9.17, 15) is 4.79 Å². The van der Waals surface area contributed by atoms with Gasteiger partial charge in [-0.3, -0.25) is 4.79 Å². The molecule has 33 heavy (non-hydrogen) atoms. The number of rotatable bonds is 6. The first-order valence-electron chi connectivity index (χ1n) is 11.3. The van der Waals surface area contributed by atoms with E-state index >= 15 is 0 Å². The molecule has 4 rings (SSSR count). The summed E-state index contributed by atoms with van der Waals surface area (Å²) >= 11 is 0. The van der Waals surface area contributed by atoms with E-state index in [0.29, 0.717) is 5.56 Å². The highest BCUT2D eigenvalue weighted by molar-refractivity contribution is 6.04. The number of aryl methyl sites for hydroxylation is 1. The molecule has 2 N–H and O–H groups in total. The molecule has 0 atom stereocenters. The van der Waals surface area contributed by atoms with Gasteiger partial charge in [-0.1, -0.05) is 18.2 Å². The van der Waals surface area contributed by atoms with Gasteiger partial charge >= 0.3 is 0 Å². The number of piperazine rings is 1. The third-order valence-electron chi connectivity index (χ3n) is 6.25. The topological polar surface area (TPSA) is 56.8 Å². The lowest BCUT2D eigenvalue weighted by atomic mass is 9.99. The molecule has 3 aromatic carbocycles. The standard InChI is InChI=1S/C27H32N4O2/c1-19-17-22(28-2)9-11-24(19)20-5-7-21(8-6-20)27(32)29-23-10-12-26(33-4)25(18-23)31-15-13-30(3)14-16-31/h5-12,17-18,28H,13-16H2,1-4H3,(H,29,32). The summed E-state index contributed by atoms with van der Waals surface area (Å²) in [6.45, 7) is 5.96. The molecule has 0 unspecified atom stereocenters. The minimum absolute atomic E-state index is 0.127. The minimum atomic E-state index is -0.127. The van der Waals surface area contributed by atoms with Crippen LogP contribution in [0.5, 0.6) is 5.75 Å². The number of hydrogen-bond acceptors (Lipinski definition) is 5. The molecule has 6 heteroatoms. The third kappa shape index (κ3) is 5.12. The average molecular weight is 445 g/mol. The number of methoxy groups -OCH3 is 1. The van der Waals surface area contributed by atoms with Crippen molar-refractivity contribution < 1.29 is 9.53 Å². The molecule has 1 heterocycles. The van der Waals surface area contributed by atoms with Crippen LogP contribution < -0.4 is 20.3 Å². The number of anilines is 3. The highest BCUT2D eigenvalue weighted by Gasteiger charge is 2.19. The molecule has 1 amide bonds. The van der Waals surface area contributed by atoms with E-state index < -0.39 is 0 Å². The van der Waals surface area contributed by atoms with Crippen LogP contribution in [0.25, 0.3) is 11.1 Å². The fourth-order valence-corrected chi connectivity index (χ4v) is 4.21. The molecule has 172 valence electrons. The van der Waals surface area contributed by atoms with Gasteiger partial charge in [0, 0.05) is 50.2 Å². The molecule has 0 bridgehead atoms. The summed E-state index contributed by atoms with van der Waals surface area (Å²) in [6, 6.07) is 19.8. The molecule has 1 fully saturated rings. The second-order valence-corrected chi connectivity index (χ2v) is 8.49. The van der Waals surface area contributed by atoms with E-state index in [1.165, 1.54) is 5.56 Å². The lowest BCUT2D eigenvalue weighted by Gasteiger charge is -2.34. The van der Waals surface area contributed by atoms with Crippen LogP contribution in [0.15, 0.2) is 60.7 Å². The van der Waals surface area contributed by atoms with Crippen LogP contribution in [0, 0.1) is 6.92 Å². The van der Waals surface area contributed by atoms with Crippen molar-refractivity contribution in [2.75, 3.05) is 62.9 Å². The van der Waals surface area contributed by atoms with Gasteiger partial charge < -0.3 is 25.2 Å². The Kier molecular flexibility index (Phi) is 6.84. The van der Waals surface area contributed by atoms with Gasteiger partial charge in [-0.25, -0.2) is 0 Å². The van der Waals surface area contributed by atoms with E-state index in [1.807, 2.05) is 49.5 Å². The maximum Gasteiger partial charge on any atom is 0.255 e. The number of nitrogens with one attached hydrogen (secondary N) is 2. The van der Waals surface area contributed by atoms with Gasteiger partial charge in [0.2, 0.25) is 0 Å². The lowest BCUT2D eigenvalue weighted by Crippen LogP contribution is -2.44. The van der Waals surface area contributed by atoms with Crippen LogP contribution >= 0.6 is 0 Å². The fraction of sp³-hybridized carbons (Fsp3) is 0.296. The highest BCUT2D eigenvalue weighted by Crippen LogP contribution is 2.32. The van der Waals surface area contributed by atoms with Gasteiger partial charge in [-0.2, -0.15) is 0 Å². The smallest absolute Gasteiger partial charge is 0.255 e. The summed E-state index contributed by atoms with van der Waals surface area (Å²) in [4.78, 5) is 17.6. The first kappa shape index (κ1) is 22.7. The summed E-state index contributed by atoms with van der Waals surface area (Å²) in [7, 11) is 5.73. The van der Waals surface area contributed by atoms with Gasteiger partial charge in [0.15, 0.2) is 0 Å². The van der Waals surface area contributed by atoms with Gasteiger partial charge in [-0.05, 0) is 73.1 Å².